The highest BCUT2D eigenvalue weighted by Gasteiger charge is 2.53. The van der Waals surface area contributed by atoms with E-state index in [2.05, 4.69) is 218 Å². The van der Waals surface area contributed by atoms with Crippen LogP contribution in [0.2, 0.25) is 0 Å². The molecule has 1 spiro atoms. The second-order valence-electron chi connectivity index (χ2n) is 18.4. The molecule has 0 fully saturated rings. The summed E-state index contributed by atoms with van der Waals surface area (Å²) < 4.78 is 9.06. The van der Waals surface area contributed by atoms with Gasteiger partial charge >= 0.3 is 0 Å². The van der Waals surface area contributed by atoms with E-state index >= 15 is 0 Å². The summed E-state index contributed by atoms with van der Waals surface area (Å²) in [5, 5.41) is 7.28. The van der Waals surface area contributed by atoms with Gasteiger partial charge in [0.2, 0.25) is 0 Å². The van der Waals surface area contributed by atoms with Crippen molar-refractivity contribution in [1.29, 1.82) is 0 Å². The lowest BCUT2D eigenvalue weighted by atomic mass is 9.70. The molecule has 0 N–H and O–H groups in total. The third-order valence-electron chi connectivity index (χ3n) is 14.3. The number of para-hydroxylation sites is 3. The molecule has 0 saturated heterocycles. The average molecular weight is 793 g/mol. The Morgan fingerprint density at radius 2 is 1.05 bits per heavy atom. The molecule has 2 aliphatic rings. The van der Waals surface area contributed by atoms with E-state index in [4.69, 9.17) is 4.42 Å². The van der Waals surface area contributed by atoms with Gasteiger partial charge in [-0.05, 0) is 98.5 Å². The molecule has 0 bridgehead atoms. The summed E-state index contributed by atoms with van der Waals surface area (Å²) in [5.74, 6) is 0. The van der Waals surface area contributed by atoms with Crippen LogP contribution in [-0.4, -0.2) is 4.40 Å². The number of hydrogen-bond acceptors (Lipinski definition) is 2. The maximum Gasteiger partial charge on any atom is 0.135 e. The van der Waals surface area contributed by atoms with Crippen molar-refractivity contribution < 1.29 is 4.42 Å². The van der Waals surface area contributed by atoms with Gasteiger partial charge in [-0.2, -0.15) is 0 Å². The van der Waals surface area contributed by atoms with Gasteiger partial charge in [0, 0.05) is 49.3 Å². The minimum atomic E-state index is -0.538. The Hall–Kier alpha value is -7.62. The molecule has 2 aliphatic carbocycles. The molecule has 3 heterocycles. The maximum absolute atomic E-state index is 6.45. The summed E-state index contributed by atoms with van der Waals surface area (Å²) in [4.78, 5) is 2.55. The first-order valence-electron chi connectivity index (χ1n) is 21.8. The van der Waals surface area contributed by atoms with Crippen molar-refractivity contribution in [3.05, 3.63) is 216 Å². The second-order valence-corrected chi connectivity index (χ2v) is 18.4. The summed E-state index contributed by atoms with van der Waals surface area (Å²) in [7, 11) is 0. The van der Waals surface area contributed by atoms with E-state index in [-0.39, 0.29) is 5.41 Å². The molecule has 0 unspecified atom stereocenters. The first kappa shape index (κ1) is 34.1. The van der Waals surface area contributed by atoms with E-state index in [1.807, 2.05) is 0 Å². The minimum absolute atomic E-state index is 0.0574. The van der Waals surface area contributed by atoms with Crippen LogP contribution < -0.4 is 4.90 Å². The molecule has 3 aromatic heterocycles. The lowest BCUT2D eigenvalue weighted by Crippen LogP contribution is -2.26. The van der Waals surface area contributed by atoms with Crippen LogP contribution in [-0.2, 0) is 10.8 Å². The second kappa shape index (κ2) is 11.8. The van der Waals surface area contributed by atoms with Crippen molar-refractivity contribution in [3.8, 4) is 22.3 Å². The molecular formula is C59H40N2O. The van der Waals surface area contributed by atoms with Crippen LogP contribution >= 0.6 is 0 Å². The van der Waals surface area contributed by atoms with E-state index in [1.54, 1.807) is 0 Å². The number of fused-ring (bicyclic) bond motifs is 20. The summed E-state index contributed by atoms with van der Waals surface area (Å²) in [6, 6.07) is 70.4. The van der Waals surface area contributed by atoms with Crippen LogP contribution in [0.3, 0.4) is 0 Å². The molecule has 0 saturated carbocycles. The standard InChI is InChI=1S/C59H40N2O/c1-58(2,3)35-16-14-17-36(32-35)60(37-30-31-53-45(33-37)41-21-8-13-29-52(41)62-53)51-34-49-54(57-55(51)44-24-15-23-42-40-20-7-12-28-50(40)61(57)56(42)44)43-22-6-11-27-48(43)59(49)46-25-9-4-18-38(46)39-19-5-10-26-47(39)59/h4-34H,1-3H3. The van der Waals surface area contributed by atoms with Crippen molar-refractivity contribution in [1.82, 2.24) is 4.40 Å². The van der Waals surface area contributed by atoms with E-state index in [0.717, 1.165) is 39.0 Å². The maximum atomic E-state index is 6.45. The monoisotopic (exact) mass is 792 g/mol. The molecule has 62 heavy (non-hydrogen) atoms. The predicted molar refractivity (Wildman–Crippen MR) is 258 cm³/mol. The average Bonchev–Trinajstić information content (AvgIpc) is 4.09. The largest absolute Gasteiger partial charge is 0.456 e. The molecule has 9 aromatic carbocycles. The molecule has 14 rings (SSSR count). The van der Waals surface area contributed by atoms with Crippen molar-refractivity contribution in [2.75, 3.05) is 4.90 Å². The van der Waals surface area contributed by atoms with Gasteiger partial charge in [-0.1, -0.05) is 160 Å². The van der Waals surface area contributed by atoms with Gasteiger partial charge in [0.1, 0.15) is 11.2 Å². The number of furan rings is 1. The van der Waals surface area contributed by atoms with Crippen LogP contribution in [0, 0.1) is 0 Å². The molecule has 3 nitrogen and oxygen atoms in total. The van der Waals surface area contributed by atoms with Crippen molar-refractivity contribution in [3.63, 3.8) is 0 Å². The topological polar surface area (TPSA) is 20.8 Å². The molecule has 3 heteroatoms. The normalized spacial score (nSPS) is 13.9. The zero-order valence-electron chi connectivity index (χ0n) is 34.7. The predicted octanol–water partition coefficient (Wildman–Crippen LogP) is 15.8. The van der Waals surface area contributed by atoms with Gasteiger partial charge in [0.25, 0.3) is 0 Å². The van der Waals surface area contributed by atoms with Crippen LogP contribution in [0.25, 0.3) is 82.3 Å². The van der Waals surface area contributed by atoms with Gasteiger partial charge in [-0.15, -0.1) is 0 Å². The Balaban J connectivity index is 1.22. The Morgan fingerprint density at radius 3 is 1.82 bits per heavy atom. The highest BCUT2D eigenvalue weighted by Crippen LogP contribution is 2.65. The van der Waals surface area contributed by atoms with Gasteiger partial charge in [-0.25, -0.2) is 0 Å². The number of rotatable bonds is 3. The smallest absolute Gasteiger partial charge is 0.135 e. The van der Waals surface area contributed by atoms with Gasteiger partial charge in [-0.3, -0.25) is 0 Å². The molecule has 0 atom stereocenters. The fourth-order valence-corrected chi connectivity index (χ4v) is 11.7. The van der Waals surface area contributed by atoms with Crippen LogP contribution in [0.4, 0.5) is 17.1 Å². The summed E-state index contributed by atoms with van der Waals surface area (Å²) in [5.41, 5.74) is 20.1. The number of nitrogens with zero attached hydrogens (tertiary/aromatic N) is 2. The zero-order chi connectivity index (χ0) is 41.1. The summed E-state index contributed by atoms with van der Waals surface area (Å²) >= 11 is 0. The van der Waals surface area contributed by atoms with Gasteiger partial charge < -0.3 is 13.7 Å². The molecule has 292 valence electrons. The van der Waals surface area contributed by atoms with Gasteiger partial charge in [0.05, 0.1) is 27.7 Å². The Morgan fingerprint density at radius 1 is 0.452 bits per heavy atom. The summed E-state index contributed by atoms with van der Waals surface area (Å²) in [6.45, 7) is 6.92. The zero-order valence-corrected chi connectivity index (χ0v) is 34.7. The van der Waals surface area contributed by atoms with E-state index in [0.29, 0.717) is 0 Å². The van der Waals surface area contributed by atoms with Crippen molar-refractivity contribution >= 4 is 77.1 Å². The Bertz CT molecular complexity index is 3830. The number of benzene rings is 9. The Labute approximate surface area is 359 Å². The number of hydrogen-bond donors (Lipinski definition) is 0. The SMILES string of the molecule is CC(C)(C)c1cccc(N(c2ccc3oc4ccccc4c3c2)c2cc3c(c4c2c2cccc5c6ccccc6n4c52)-c2ccccc2C32c3ccccc3-c3ccccc32)c1. The lowest BCUT2D eigenvalue weighted by Gasteiger charge is -2.33. The molecule has 12 aromatic rings. The van der Waals surface area contributed by atoms with Crippen LogP contribution in [0.5, 0.6) is 0 Å². The quantitative estimate of drug-likeness (QED) is 0.178. The number of aromatic nitrogens is 1. The highest BCUT2D eigenvalue weighted by atomic mass is 16.3. The molecular weight excluding hydrogens is 753 g/mol. The fraction of sp³-hybridized carbons (Fsp3) is 0.0847. The molecule has 0 aliphatic heterocycles. The third kappa shape index (κ3) is 4.16. The first-order chi connectivity index (χ1) is 30.4. The third-order valence-corrected chi connectivity index (χ3v) is 14.3. The lowest BCUT2D eigenvalue weighted by molar-refractivity contribution is 0.590. The van der Waals surface area contributed by atoms with E-state index in [1.165, 1.54) is 88.2 Å². The Kier molecular flexibility index (Phi) is 6.50. The van der Waals surface area contributed by atoms with E-state index < -0.39 is 5.41 Å². The van der Waals surface area contributed by atoms with Crippen LogP contribution in [0.1, 0.15) is 48.6 Å². The fourth-order valence-electron chi connectivity index (χ4n) is 11.7. The van der Waals surface area contributed by atoms with Gasteiger partial charge in [0.15, 0.2) is 0 Å². The highest BCUT2D eigenvalue weighted by molar-refractivity contribution is 6.29. The van der Waals surface area contributed by atoms with Crippen molar-refractivity contribution in [2.45, 2.75) is 31.6 Å². The minimum Gasteiger partial charge on any atom is -0.456 e. The summed E-state index contributed by atoms with van der Waals surface area (Å²) in [6.07, 6.45) is 0. The molecule has 0 amide bonds. The first-order valence-corrected chi connectivity index (χ1v) is 21.8. The van der Waals surface area contributed by atoms with E-state index in [9.17, 15) is 0 Å². The van der Waals surface area contributed by atoms with Crippen LogP contribution in [0.15, 0.2) is 192 Å². The molecule has 0 radical (unpaired) electrons. The number of anilines is 3. The van der Waals surface area contributed by atoms with Crippen molar-refractivity contribution in [2.24, 2.45) is 0 Å².